The summed E-state index contributed by atoms with van der Waals surface area (Å²) in [6, 6.07) is 6.74. The maximum atomic E-state index is 12.2. The van der Waals surface area contributed by atoms with Crippen LogP contribution in [-0.4, -0.2) is 17.9 Å². The van der Waals surface area contributed by atoms with Gasteiger partial charge >= 0.3 is 0 Å². The molecule has 1 amide bonds. The number of nitrogen functional groups attached to an aromatic ring is 1. The minimum absolute atomic E-state index is 0.107. The van der Waals surface area contributed by atoms with Crippen LogP contribution in [0.5, 0.6) is 0 Å². The van der Waals surface area contributed by atoms with Crippen molar-refractivity contribution in [2.75, 3.05) is 12.8 Å². The Balaban J connectivity index is 2.15. The van der Waals surface area contributed by atoms with E-state index < -0.39 is 0 Å². The lowest BCUT2D eigenvalue weighted by Crippen LogP contribution is -2.26. The molecule has 2 N–H and O–H groups in total. The SMILES string of the molecule is Cc1occc1CN(C)C(=O)c1ccc(Cl)c(N)c1. The van der Waals surface area contributed by atoms with E-state index in [0.29, 0.717) is 22.8 Å². The van der Waals surface area contributed by atoms with Gasteiger partial charge in [0.15, 0.2) is 0 Å². The lowest BCUT2D eigenvalue weighted by molar-refractivity contribution is 0.0784. The molecule has 0 atom stereocenters. The Morgan fingerprint density at radius 3 is 2.74 bits per heavy atom. The van der Waals surface area contributed by atoms with Gasteiger partial charge in [-0.1, -0.05) is 11.6 Å². The van der Waals surface area contributed by atoms with Crippen LogP contribution in [0.15, 0.2) is 34.9 Å². The minimum Gasteiger partial charge on any atom is -0.469 e. The molecule has 2 rings (SSSR count). The van der Waals surface area contributed by atoms with Gasteiger partial charge in [-0.2, -0.15) is 0 Å². The van der Waals surface area contributed by atoms with Crippen molar-refractivity contribution in [3.8, 4) is 0 Å². The normalized spacial score (nSPS) is 10.5. The van der Waals surface area contributed by atoms with Gasteiger partial charge in [-0.3, -0.25) is 4.79 Å². The van der Waals surface area contributed by atoms with E-state index in [9.17, 15) is 4.79 Å². The molecule has 4 nitrogen and oxygen atoms in total. The van der Waals surface area contributed by atoms with E-state index in [2.05, 4.69) is 0 Å². The molecule has 1 aromatic carbocycles. The second kappa shape index (κ2) is 5.36. The quantitative estimate of drug-likeness (QED) is 0.878. The molecule has 0 bridgehead atoms. The standard InChI is InChI=1S/C14H15ClN2O2/c1-9-11(5-6-19-9)8-17(2)14(18)10-3-4-12(15)13(16)7-10/h3-7H,8,16H2,1-2H3. The predicted molar refractivity (Wildman–Crippen MR) is 75.1 cm³/mol. The third kappa shape index (κ3) is 2.90. The van der Waals surface area contributed by atoms with E-state index in [1.165, 1.54) is 0 Å². The maximum Gasteiger partial charge on any atom is 0.253 e. The van der Waals surface area contributed by atoms with Crippen LogP contribution < -0.4 is 5.73 Å². The minimum atomic E-state index is -0.107. The highest BCUT2D eigenvalue weighted by atomic mass is 35.5. The van der Waals surface area contributed by atoms with E-state index in [-0.39, 0.29) is 5.91 Å². The van der Waals surface area contributed by atoms with Gasteiger partial charge in [0.2, 0.25) is 0 Å². The summed E-state index contributed by atoms with van der Waals surface area (Å²) in [4.78, 5) is 13.9. The first kappa shape index (κ1) is 13.5. The molecular weight excluding hydrogens is 264 g/mol. The summed E-state index contributed by atoms with van der Waals surface area (Å²) in [5.74, 6) is 0.708. The molecular formula is C14H15ClN2O2. The van der Waals surface area contributed by atoms with Gasteiger partial charge < -0.3 is 15.1 Å². The van der Waals surface area contributed by atoms with Crippen LogP contribution in [0.4, 0.5) is 5.69 Å². The lowest BCUT2D eigenvalue weighted by atomic mass is 10.1. The number of anilines is 1. The molecule has 0 saturated heterocycles. The summed E-state index contributed by atoms with van der Waals surface area (Å²) < 4.78 is 5.21. The highest BCUT2D eigenvalue weighted by Gasteiger charge is 2.14. The van der Waals surface area contributed by atoms with Crippen molar-refractivity contribution in [2.24, 2.45) is 0 Å². The first-order chi connectivity index (χ1) is 8.99. The molecule has 19 heavy (non-hydrogen) atoms. The van der Waals surface area contributed by atoms with E-state index in [0.717, 1.165) is 11.3 Å². The highest BCUT2D eigenvalue weighted by molar-refractivity contribution is 6.33. The van der Waals surface area contributed by atoms with E-state index >= 15 is 0 Å². The number of aryl methyl sites for hydroxylation is 1. The molecule has 0 aliphatic heterocycles. The summed E-state index contributed by atoms with van der Waals surface area (Å²) in [6.07, 6.45) is 1.61. The smallest absolute Gasteiger partial charge is 0.253 e. The Kier molecular flexibility index (Phi) is 3.81. The van der Waals surface area contributed by atoms with Gasteiger partial charge in [-0.05, 0) is 31.2 Å². The molecule has 100 valence electrons. The summed E-state index contributed by atoms with van der Waals surface area (Å²) in [6.45, 7) is 2.36. The van der Waals surface area contributed by atoms with Crippen LogP contribution in [0.25, 0.3) is 0 Å². The average Bonchev–Trinajstić information content (AvgIpc) is 2.77. The number of furan rings is 1. The summed E-state index contributed by atoms with van der Waals surface area (Å²) >= 11 is 5.84. The topological polar surface area (TPSA) is 59.5 Å². The third-order valence-corrected chi connectivity index (χ3v) is 3.31. The molecule has 0 radical (unpaired) electrons. The fraction of sp³-hybridized carbons (Fsp3) is 0.214. The zero-order chi connectivity index (χ0) is 14.0. The molecule has 0 saturated carbocycles. The van der Waals surface area contributed by atoms with Gasteiger partial charge in [-0.15, -0.1) is 0 Å². The Morgan fingerprint density at radius 1 is 1.42 bits per heavy atom. The number of halogens is 1. The number of amides is 1. The van der Waals surface area contributed by atoms with Gasteiger partial charge in [0.05, 0.1) is 17.0 Å². The number of nitrogens with zero attached hydrogens (tertiary/aromatic N) is 1. The number of carbonyl (C=O) groups excluding carboxylic acids is 1. The van der Waals surface area contributed by atoms with Crippen molar-refractivity contribution in [2.45, 2.75) is 13.5 Å². The second-order valence-electron chi connectivity index (χ2n) is 4.40. The van der Waals surface area contributed by atoms with Crippen LogP contribution in [-0.2, 0) is 6.54 Å². The van der Waals surface area contributed by atoms with Gasteiger partial charge in [0.1, 0.15) is 5.76 Å². The predicted octanol–water partition coefficient (Wildman–Crippen LogP) is 3.10. The number of hydrogen-bond donors (Lipinski definition) is 1. The van der Waals surface area contributed by atoms with Crippen molar-refractivity contribution < 1.29 is 9.21 Å². The van der Waals surface area contributed by atoms with E-state index in [1.54, 1.807) is 36.4 Å². The van der Waals surface area contributed by atoms with Crippen LogP contribution in [0.3, 0.4) is 0 Å². The lowest BCUT2D eigenvalue weighted by Gasteiger charge is -2.17. The largest absolute Gasteiger partial charge is 0.469 e. The summed E-state index contributed by atoms with van der Waals surface area (Å²) in [7, 11) is 1.74. The van der Waals surface area contributed by atoms with Crippen LogP contribution >= 0.6 is 11.6 Å². The van der Waals surface area contributed by atoms with Crippen LogP contribution in [0, 0.1) is 6.92 Å². The molecule has 0 aliphatic carbocycles. The Bertz CT molecular complexity index is 607. The first-order valence-corrected chi connectivity index (χ1v) is 6.20. The van der Waals surface area contributed by atoms with Crippen molar-refractivity contribution in [3.63, 3.8) is 0 Å². The maximum absolute atomic E-state index is 12.2. The molecule has 0 spiro atoms. The molecule has 5 heteroatoms. The number of rotatable bonds is 3. The van der Waals surface area contributed by atoms with Crippen LogP contribution in [0.1, 0.15) is 21.7 Å². The Labute approximate surface area is 116 Å². The van der Waals surface area contributed by atoms with Gasteiger partial charge in [-0.25, -0.2) is 0 Å². The second-order valence-corrected chi connectivity index (χ2v) is 4.81. The summed E-state index contributed by atoms with van der Waals surface area (Å²) in [5, 5.41) is 0.449. The number of nitrogens with two attached hydrogens (primary N) is 1. The number of hydrogen-bond acceptors (Lipinski definition) is 3. The highest BCUT2D eigenvalue weighted by Crippen LogP contribution is 2.21. The van der Waals surface area contributed by atoms with Gasteiger partial charge in [0, 0.05) is 24.7 Å². The van der Waals surface area contributed by atoms with Crippen molar-refractivity contribution >= 4 is 23.2 Å². The van der Waals surface area contributed by atoms with Crippen molar-refractivity contribution in [3.05, 3.63) is 52.4 Å². The molecule has 2 aromatic rings. The number of carbonyl (C=O) groups is 1. The Morgan fingerprint density at radius 2 is 2.16 bits per heavy atom. The molecule has 1 aromatic heterocycles. The third-order valence-electron chi connectivity index (χ3n) is 2.96. The molecule has 0 aliphatic rings. The Hall–Kier alpha value is -1.94. The number of benzene rings is 1. The average molecular weight is 279 g/mol. The first-order valence-electron chi connectivity index (χ1n) is 5.82. The van der Waals surface area contributed by atoms with E-state index in [4.69, 9.17) is 21.8 Å². The zero-order valence-electron chi connectivity index (χ0n) is 10.8. The van der Waals surface area contributed by atoms with E-state index in [1.807, 2.05) is 13.0 Å². The van der Waals surface area contributed by atoms with Gasteiger partial charge in [0.25, 0.3) is 5.91 Å². The van der Waals surface area contributed by atoms with Crippen molar-refractivity contribution in [1.82, 2.24) is 4.90 Å². The summed E-state index contributed by atoms with van der Waals surface area (Å²) in [5.41, 5.74) is 7.61. The fourth-order valence-corrected chi connectivity index (χ4v) is 1.92. The zero-order valence-corrected chi connectivity index (χ0v) is 11.6. The molecule has 0 unspecified atom stereocenters. The molecule has 1 heterocycles. The fourth-order valence-electron chi connectivity index (χ4n) is 1.80. The van der Waals surface area contributed by atoms with Crippen LogP contribution in [0.2, 0.25) is 5.02 Å². The molecule has 0 fully saturated rings. The van der Waals surface area contributed by atoms with Crippen molar-refractivity contribution in [1.29, 1.82) is 0 Å². The monoisotopic (exact) mass is 278 g/mol.